The average Bonchev–Trinajstić information content (AvgIpc) is 2.23. The maximum absolute atomic E-state index is 9.45. The van der Waals surface area contributed by atoms with Gasteiger partial charge in [-0.15, -0.1) is 0 Å². The number of aryl methyl sites for hydroxylation is 2. The van der Waals surface area contributed by atoms with Gasteiger partial charge in [-0.25, -0.2) is 0 Å². The number of hydrogen-bond acceptors (Lipinski definition) is 2. The molecule has 0 bridgehead atoms. The number of hydrogen-bond donors (Lipinski definition) is 2. The summed E-state index contributed by atoms with van der Waals surface area (Å²) in [6.07, 6.45) is 0. The summed E-state index contributed by atoms with van der Waals surface area (Å²) in [4.78, 5) is 0. The van der Waals surface area contributed by atoms with Gasteiger partial charge < -0.3 is 10.4 Å². The van der Waals surface area contributed by atoms with Gasteiger partial charge in [0, 0.05) is 0 Å². The van der Waals surface area contributed by atoms with Gasteiger partial charge in [0.15, 0.2) is 0 Å². The Morgan fingerprint density at radius 3 is 2.50 bits per heavy atom. The van der Waals surface area contributed by atoms with Crippen molar-refractivity contribution >= 4 is 0 Å². The zero-order valence-corrected chi connectivity index (χ0v) is 10.7. The second-order valence-corrected chi connectivity index (χ2v) is 4.90. The van der Waals surface area contributed by atoms with Crippen LogP contribution in [0.2, 0.25) is 0 Å². The molecular weight excluding hydrogens is 198 g/mol. The summed E-state index contributed by atoms with van der Waals surface area (Å²) in [6, 6.07) is 6.44. The van der Waals surface area contributed by atoms with E-state index in [1.54, 1.807) is 0 Å². The lowest BCUT2D eigenvalue weighted by molar-refractivity contribution is 0.240. The highest BCUT2D eigenvalue weighted by Crippen LogP contribution is 2.19. The monoisotopic (exact) mass is 221 g/mol. The van der Waals surface area contributed by atoms with E-state index in [-0.39, 0.29) is 12.6 Å². The molecule has 2 heteroatoms. The minimum absolute atomic E-state index is 0.0577. The van der Waals surface area contributed by atoms with E-state index in [0.717, 1.165) is 6.54 Å². The molecule has 0 aromatic heterocycles. The van der Waals surface area contributed by atoms with Crippen LogP contribution in [0.5, 0.6) is 0 Å². The fraction of sp³-hybridized carbons (Fsp3) is 0.571. The molecule has 16 heavy (non-hydrogen) atoms. The molecule has 0 spiro atoms. The minimum atomic E-state index is 0.0577. The van der Waals surface area contributed by atoms with Gasteiger partial charge in [0.2, 0.25) is 0 Å². The first-order valence-corrected chi connectivity index (χ1v) is 5.96. The van der Waals surface area contributed by atoms with Crippen LogP contribution in [0.25, 0.3) is 0 Å². The molecule has 0 saturated carbocycles. The summed E-state index contributed by atoms with van der Waals surface area (Å²) >= 11 is 0. The van der Waals surface area contributed by atoms with Gasteiger partial charge in [0.1, 0.15) is 0 Å². The second kappa shape index (κ2) is 6.02. The normalized spacial score (nSPS) is 13.1. The van der Waals surface area contributed by atoms with Gasteiger partial charge in [-0.1, -0.05) is 37.6 Å². The van der Waals surface area contributed by atoms with Gasteiger partial charge >= 0.3 is 0 Å². The number of aliphatic hydroxyl groups excluding tert-OH is 1. The predicted octanol–water partition coefficient (Wildman–Crippen LogP) is 2.58. The molecule has 1 aromatic carbocycles. The van der Waals surface area contributed by atoms with E-state index in [2.05, 4.69) is 51.2 Å². The van der Waals surface area contributed by atoms with Crippen LogP contribution in [0.1, 0.15) is 36.6 Å². The molecule has 1 rings (SSSR count). The molecule has 0 fully saturated rings. The zero-order valence-electron chi connectivity index (χ0n) is 10.7. The molecule has 0 aliphatic rings. The SMILES string of the molecule is Cc1ccc(C)c(C(CO)NCC(C)C)c1. The van der Waals surface area contributed by atoms with Crippen LogP contribution in [0.4, 0.5) is 0 Å². The van der Waals surface area contributed by atoms with Crippen molar-refractivity contribution in [1.29, 1.82) is 0 Å². The quantitative estimate of drug-likeness (QED) is 0.801. The Hall–Kier alpha value is -0.860. The second-order valence-electron chi connectivity index (χ2n) is 4.90. The Morgan fingerprint density at radius 2 is 1.94 bits per heavy atom. The highest BCUT2D eigenvalue weighted by atomic mass is 16.3. The molecule has 0 saturated heterocycles. The van der Waals surface area contributed by atoms with Crippen LogP contribution in [0, 0.1) is 19.8 Å². The highest BCUT2D eigenvalue weighted by Gasteiger charge is 2.12. The van der Waals surface area contributed by atoms with E-state index < -0.39 is 0 Å². The molecule has 1 aromatic rings. The van der Waals surface area contributed by atoms with E-state index in [0.29, 0.717) is 5.92 Å². The van der Waals surface area contributed by atoms with Gasteiger partial charge in [-0.05, 0) is 37.4 Å². The van der Waals surface area contributed by atoms with Crippen molar-refractivity contribution in [2.75, 3.05) is 13.2 Å². The molecule has 2 N–H and O–H groups in total. The van der Waals surface area contributed by atoms with Gasteiger partial charge in [0.05, 0.1) is 12.6 Å². The van der Waals surface area contributed by atoms with Crippen molar-refractivity contribution in [2.24, 2.45) is 5.92 Å². The van der Waals surface area contributed by atoms with Crippen LogP contribution >= 0.6 is 0 Å². The Morgan fingerprint density at radius 1 is 1.25 bits per heavy atom. The summed E-state index contributed by atoms with van der Waals surface area (Å²) < 4.78 is 0. The third-order valence-corrected chi connectivity index (χ3v) is 2.77. The Balaban J connectivity index is 2.81. The highest BCUT2D eigenvalue weighted by molar-refractivity contribution is 5.33. The standard InChI is InChI=1S/C14H23NO/c1-10(2)8-15-14(9-16)13-7-11(3)5-6-12(13)4/h5-7,10,14-16H,8-9H2,1-4H3. The smallest absolute Gasteiger partial charge is 0.0626 e. The molecule has 0 radical (unpaired) electrons. The van der Waals surface area contributed by atoms with Crippen LogP contribution in [0.3, 0.4) is 0 Å². The molecule has 2 nitrogen and oxygen atoms in total. The van der Waals surface area contributed by atoms with Crippen molar-refractivity contribution < 1.29 is 5.11 Å². The fourth-order valence-corrected chi connectivity index (χ4v) is 1.79. The van der Waals surface area contributed by atoms with Crippen molar-refractivity contribution in [2.45, 2.75) is 33.7 Å². The van der Waals surface area contributed by atoms with Crippen molar-refractivity contribution in [3.05, 3.63) is 34.9 Å². The third kappa shape index (κ3) is 3.62. The molecular formula is C14H23NO. The first-order chi connectivity index (χ1) is 7.54. The molecule has 90 valence electrons. The lowest BCUT2D eigenvalue weighted by atomic mass is 9.99. The molecule has 0 amide bonds. The minimum Gasteiger partial charge on any atom is -0.394 e. The van der Waals surface area contributed by atoms with E-state index in [1.165, 1.54) is 16.7 Å². The van der Waals surface area contributed by atoms with E-state index in [9.17, 15) is 5.11 Å². The predicted molar refractivity (Wildman–Crippen MR) is 68.6 cm³/mol. The van der Waals surface area contributed by atoms with E-state index in [1.807, 2.05) is 0 Å². The topological polar surface area (TPSA) is 32.3 Å². The Kier molecular flexibility index (Phi) is 4.97. The largest absolute Gasteiger partial charge is 0.394 e. The van der Waals surface area contributed by atoms with Crippen LogP contribution < -0.4 is 5.32 Å². The average molecular weight is 221 g/mol. The molecule has 0 aliphatic heterocycles. The lowest BCUT2D eigenvalue weighted by Gasteiger charge is -2.20. The summed E-state index contributed by atoms with van der Waals surface area (Å²) in [5.74, 6) is 0.596. The number of benzene rings is 1. The molecule has 0 aliphatic carbocycles. The molecule has 1 unspecified atom stereocenters. The summed E-state index contributed by atoms with van der Waals surface area (Å²) in [6.45, 7) is 9.60. The van der Waals surface area contributed by atoms with Crippen molar-refractivity contribution in [3.63, 3.8) is 0 Å². The Labute approximate surface area is 98.7 Å². The number of rotatable bonds is 5. The maximum atomic E-state index is 9.45. The van der Waals surface area contributed by atoms with E-state index in [4.69, 9.17) is 0 Å². The first-order valence-electron chi connectivity index (χ1n) is 5.96. The lowest BCUT2D eigenvalue weighted by Crippen LogP contribution is -2.28. The van der Waals surface area contributed by atoms with Gasteiger partial charge in [-0.2, -0.15) is 0 Å². The van der Waals surface area contributed by atoms with Crippen LogP contribution in [-0.4, -0.2) is 18.3 Å². The van der Waals surface area contributed by atoms with Crippen molar-refractivity contribution in [1.82, 2.24) is 5.32 Å². The van der Waals surface area contributed by atoms with Crippen molar-refractivity contribution in [3.8, 4) is 0 Å². The van der Waals surface area contributed by atoms with Crippen LogP contribution in [-0.2, 0) is 0 Å². The number of nitrogens with one attached hydrogen (secondary N) is 1. The summed E-state index contributed by atoms with van der Waals surface area (Å²) in [5, 5.41) is 12.8. The Bertz CT molecular complexity index is 334. The van der Waals surface area contributed by atoms with Gasteiger partial charge in [0.25, 0.3) is 0 Å². The van der Waals surface area contributed by atoms with Gasteiger partial charge in [-0.3, -0.25) is 0 Å². The molecule has 0 heterocycles. The van der Waals surface area contributed by atoms with E-state index >= 15 is 0 Å². The third-order valence-electron chi connectivity index (χ3n) is 2.77. The summed E-state index contributed by atoms with van der Waals surface area (Å²) in [5.41, 5.74) is 3.69. The first kappa shape index (κ1) is 13.2. The number of aliphatic hydroxyl groups is 1. The fourth-order valence-electron chi connectivity index (χ4n) is 1.79. The van der Waals surface area contributed by atoms with Crippen LogP contribution in [0.15, 0.2) is 18.2 Å². The zero-order chi connectivity index (χ0) is 12.1. The maximum Gasteiger partial charge on any atom is 0.0626 e. The molecule has 1 atom stereocenters. The summed E-state index contributed by atoms with van der Waals surface area (Å²) in [7, 11) is 0.